The average molecular weight is 490 g/mol. The summed E-state index contributed by atoms with van der Waals surface area (Å²) in [6, 6.07) is 16.8. The van der Waals surface area contributed by atoms with Crippen LogP contribution in [0.2, 0.25) is 0 Å². The largest absolute Gasteiger partial charge is 0.503 e. The van der Waals surface area contributed by atoms with E-state index >= 15 is 0 Å². The number of aryl methyl sites for hydroxylation is 2. The fourth-order valence-electron chi connectivity index (χ4n) is 4.56. The molecule has 6 nitrogen and oxygen atoms in total. The topological polar surface area (TPSA) is 73.7 Å². The number of Topliss-reactive ketones (excluding diaryl/α,β-unsaturated/α-hetero) is 1. The van der Waals surface area contributed by atoms with Crippen molar-refractivity contribution in [2.45, 2.75) is 33.7 Å². The summed E-state index contributed by atoms with van der Waals surface area (Å²) in [6.45, 7) is 10.7. The number of carbonyl (C=O) groups excluding carboxylic acids is 2. The summed E-state index contributed by atoms with van der Waals surface area (Å²) in [6.07, 6.45) is 0. The van der Waals surface area contributed by atoms with Crippen molar-refractivity contribution in [3.63, 3.8) is 0 Å². The van der Waals surface area contributed by atoms with Crippen molar-refractivity contribution in [1.29, 1.82) is 0 Å². The number of likely N-dealkylation sites (N-methyl/N-ethyl adjacent to an activating group) is 1. The Labute approximate surface area is 210 Å². The fourth-order valence-corrected chi connectivity index (χ4v) is 5.58. The number of aliphatic hydroxyl groups is 1. The van der Waals surface area contributed by atoms with Gasteiger partial charge in [-0.3, -0.25) is 9.59 Å². The minimum absolute atomic E-state index is 0.134. The summed E-state index contributed by atoms with van der Waals surface area (Å²) < 4.78 is 0. The Morgan fingerprint density at radius 2 is 1.71 bits per heavy atom. The number of amides is 1. The number of aliphatic hydroxyl groups excluding tert-OH is 1. The lowest BCUT2D eigenvalue weighted by Crippen LogP contribution is -2.38. The minimum Gasteiger partial charge on any atom is -0.503 e. The lowest BCUT2D eigenvalue weighted by Gasteiger charge is -2.30. The van der Waals surface area contributed by atoms with Crippen LogP contribution >= 0.6 is 11.3 Å². The van der Waals surface area contributed by atoms with E-state index in [-0.39, 0.29) is 11.4 Å². The Kier molecular flexibility index (Phi) is 7.48. The fraction of sp³-hybridized carbons (Fsp3) is 0.321. The van der Waals surface area contributed by atoms with Gasteiger partial charge in [0.15, 0.2) is 5.76 Å². The summed E-state index contributed by atoms with van der Waals surface area (Å²) in [5.41, 5.74) is 3.46. The first-order valence-electron chi connectivity index (χ1n) is 12.0. The highest BCUT2D eigenvalue weighted by Crippen LogP contribution is 2.41. The molecule has 0 saturated carbocycles. The van der Waals surface area contributed by atoms with E-state index in [0.29, 0.717) is 23.7 Å². The third-order valence-electron chi connectivity index (χ3n) is 6.61. The molecule has 0 bridgehead atoms. The molecule has 1 aromatic heterocycles. The van der Waals surface area contributed by atoms with Crippen LogP contribution in [-0.2, 0) is 4.79 Å². The van der Waals surface area contributed by atoms with Crippen molar-refractivity contribution in [1.82, 2.24) is 14.8 Å². The molecule has 7 heteroatoms. The van der Waals surface area contributed by atoms with Gasteiger partial charge in [-0.25, -0.2) is 4.98 Å². The number of benzene rings is 2. The van der Waals surface area contributed by atoms with Gasteiger partial charge < -0.3 is 14.9 Å². The third kappa shape index (κ3) is 4.79. The minimum atomic E-state index is -0.645. The van der Waals surface area contributed by atoms with Crippen LogP contribution in [0, 0.1) is 13.8 Å². The zero-order valence-electron chi connectivity index (χ0n) is 20.6. The normalized spacial score (nSPS) is 16.0. The molecule has 182 valence electrons. The Balaban J connectivity index is 1.76. The van der Waals surface area contributed by atoms with Crippen LogP contribution < -0.4 is 0 Å². The highest BCUT2D eigenvalue weighted by molar-refractivity contribution is 7.17. The quantitative estimate of drug-likeness (QED) is 0.410. The zero-order valence-corrected chi connectivity index (χ0v) is 21.4. The summed E-state index contributed by atoms with van der Waals surface area (Å²) in [5.74, 6) is -1.30. The van der Waals surface area contributed by atoms with Gasteiger partial charge in [-0.15, -0.1) is 11.3 Å². The molecular formula is C28H31N3O3S. The second-order valence-corrected chi connectivity index (χ2v) is 9.67. The first-order valence-corrected chi connectivity index (χ1v) is 12.8. The van der Waals surface area contributed by atoms with E-state index in [1.165, 1.54) is 11.3 Å². The number of rotatable bonds is 9. The summed E-state index contributed by atoms with van der Waals surface area (Å²) in [5, 5.41) is 11.8. The molecule has 1 aliphatic heterocycles. The molecule has 1 N–H and O–H groups in total. The van der Waals surface area contributed by atoms with Crippen LogP contribution in [0.5, 0.6) is 0 Å². The summed E-state index contributed by atoms with van der Waals surface area (Å²) in [7, 11) is 0. The maximum Gasteiger partial charge on any atom is 0.290 e. The molecule has 3 aromatic rings. The Morgan fingerprint density at radius 3 is 2.37 bits per heavy atom. The van der Waals surface area contributed by atoms with Crippen LogP contribution in [0.3, 0.4) is 0 Å². The lowest BCUT2D eigenvalue weighted by molar-refractivity contribution is -0.129. The highest BCUT2D eigenvalue weighted by Gasteiger charge is 2.44. The molecule has 2 heterocycles. The molecule has 1 atom stereocenters. The second kappa shape index (κ2) is 10.5. The van der Waals surface area contributed by atoms with Gasteiger partial charge in [0.2, 0.25) is 5.78 Å². The smallest absolute Gasteiger partial charge is 0.290 e. The van der Waals surface area contributed by atoms with Gasteiger partial charge in [-0.2, -0.15) is 0 Å². The molecule has 0 radical (unpaired) electrons. The monoisotopic (exact) mass is 489 g/mol. The standard InChI is InChI=1S/C28H31N3O3S/c1-5-30(6-2)16-17-31-23(21-15-11-10-12-18(21)3)22(25(33)28(31)34)24(32)26-19(4)29-27(35-26)20-13-8-7-9-14-20/h7-15,23,33H,5-6,16-17H2,1-4H3. The predicted molar refractivity (Wildman–Crippen MR) is 140 cm³/mol. The zero-order chi connectivity index (χ0) is 25.1. The number of nitrogens with zero attached hydrogens (tertiary/aromatic N) is 3. The highest BCUT2D eigenvalue weighted by atomic mass is 32.1. The summed E-state index contributed by atoms with van der Waals surface area (Å²) in [4.78, 5) is 36.1. The van der Waals surface area contributed by atoms with Gasteiger partial charge in [0.25, 0.3) is 5.91 Å². The SMILES string of the molecule is CCN(CC)CCN1C(=O)C(O)=C(C(=O)c2sc(-c3ccccc3)nc2C)C1c1ccccc1C. The van der Waals surface area contributed by atoms with Crippen molar-refractivity contribution in [3.8, 4) is 10.6 Å². The number of hydrogen-bond acceptors (Lipinski definition) is 6. The van der Waals surface area contributed by atoms with Gasteiger partial charge in [-0.1, -0.05) is 68.4 Å². The van der Waals surface area contributed by atoms with Crippen molar-refractivity contribution in [2.75, 3.05) is 26.2 Å². The Morgan fingerprint density at radius 1 is 1.06 bits per heavy atom. The van der Waals surface area contributed by atoms with Crippen LogP contribution in [-0.4, -0.2) is 57.8 Å². The summed E-state index contributed by atoms with van der Waals surface area (Å²) >= 11 is 1.29. The Hall–Kier alpha value is -3.29. The molecule has 0 saturated heterocycles. The van der Waals surface area contributed by atoms with E-state index in [1.807, 2.05) is 61.5 Å². The molecule has 1 amide bonds. The van der Waals surface area contributed by atoms with Crippen LogP contribution in [0.25, 0.3) is 10.6 Å². The molecule has 1 aliphatic rings. The molecule has 4 rings (SSSR count). The van der Waals surface area contributed by atoms with Gasteiger partial charge in [0.05, 0.1) is 22.2 Å². The van der Waals surface area contributed by atoms with Crippen molar-refractivity contribution in [3.05, 3.63) is 87.6 Å². The van der Waals surface area contributed by atoms with E-state index in [0.717, 1.165) is 34.8 Å². The number of carbonyl (C=O) groups is 2. The average Bonchev–Trinajstić information content (AvgIpc) is 3.38. The molecule has 0 spiro atoms. The molecule has 0 fully saturated rings. The maximum atomic E-state index is 13.9. The lowest BCUT2D eigenvalue weighted by atomic mass is 9.92. The van der Waals surface area contributed by atoms with Gasteiger partial charge in [-0.05, 0) is 38.1 Å². The van der Waals surface area contributed by atoms with E-state index < -0.39 is 17.7 Å². The number of thiazole rings is 1. The molecule has 35 heavy (non-hydrogen) atoms. The first kappa shape index (κ1) is 24.8. The van der Waals surface area contributed by atoms with Crippen molar-refractivity contribution >= 4 is 23.0 Å². The van der Waals surface area contributed by atoms with E-state index in [2.05, 4.69) is 23.7 Å². The second-order valence-electron chi connectivity index (χ2n) is 8.68. The van der Waals surface area contributed by atoms with Crippen LogP contribution in [0.4, 0.5) is 0 Å². The predicted octanol–water partition coefficient (Wildman–Crippen LogP) is 5.35. The van der Waals surface area contributed by atoms with Crippen molar-refractivity contribution in [2.24, 2.45) is 0 Å². The molecule has 2 aromatic carbocycles. The van der Waals surface area contributed by atoms with E-state index in [4.69, 9.17) is 0 Å². The Bertz CT molecular complexity index is 1260. The third-order valence-corrected chi connectivity index (χ3v) is 7.81. The molecular weight excluding hydrogens is 458 g/mol. The van der Waals surface area contributed by atoms with Gasteiger partial charge >= 0.3 is 0 Å². The van der Waals surface area contributed by atoms with E-state index in [1.54, 1.807) is 11.8 Å². The van der Waals surface area contributed by atoms with Crippen LogP contribution in [0.15, 0.2) is 65.9 Å². The number of aromatic nitrogens is 1. The van der Waals surface area contributed by atoms with Crippen LogP contribution in [0.1, 0.15) is 46.4 Å². The number of hydrogen-bond donors (Lipinski definition) is 1. The van der Waals surface area contributed by atoms with Gasteiger partial charge in [0, 0.05) is 18.7 Å². The maximum absolute atomic E-state index is 13.9. The first-order chi connectivity index (χ1) is 16.9. The van der Waals surface area contributed by atoms with Gasteiger partial charge in [0.1, 0.15) is 5.01 Å². The molecule has 0 aliphatic carbocycles. The molecule has 1 unspecified atom stereocenters. The number of ketones is 1. The van der Waals surface area contributed by atoms with E-state index in [9.17, 15) is 14.7 Å². The van der Waals surface area contributed by atoms with Crippen molar-refractivity contribution < 1.29 is 14.7 Å².